The monoisotopic (exact) mass is 423 g/mol. The van der Waals surface area contributed by atoms with E-state index in [-0.39, 0.29) is 24.2 Å². The van der Waals surface area contributed by atoms with Gasteiger partial charge in [0.05, 0.1) is 10.4 Å². The maximum atomic E-state index is 13.0. The van der Waals surface area contributed by atoms with Gasteiger partial charge in [0.25, 0.3) is 5.91 Å². The van der Waals surface area contributed by atoms with Gasteiger partial charge in [0.2, 0.25) is 5.91 Å². The van der Waals surface area contributed by atoms with Crippen molar-refractivity contribution in [2.24, 2.45) is 5.73 Å². The molecule has 152 valence electrons. The Morgan fingerprint density at radius 3 is 2.32 bits per heavy atom. The minimum absolute atomic E-state index is 0. The van der Waals surface area contributed by atoms with Gasteiger partial charge in [-0.1, -0.05) is 18.2 Å². The van der Waals surface area contributed by atoms with Crippen LogP contribution in [0.3, 0.4) is 0 Å². The number of thiophene rings is 1. The van der Waals surface area contributed by atoms with Crippen molar-refractivity contribution in [1.82, 2.24) is 9.80 Å². The van der Waals surface area contributed by atoms with E-state index in [1.54, 1.807) is 11.3 Å². The summed E-state index contributed by atoms with van der Waals surface area (Å²) in [5, 5.41) is 1.14. The minimum atomic E-state index is -0.813. The van der Waals surface area contributed by atoms with Gasteiger partial charge in [-0.15, -0.1) is 23.7 Å². The highest BCUT2D eigenvalue weighted by Gasteiger charge is 2.40. The van der Waals surface area contributed by atoms with E-state index in [1.807, 2.05) is 28.9 Å². The number of nitrogens with two attached hydrogens (primary N) is 1. The molecule has 3 heterocycles. The van der Waals surface area contributed by atoms with Crippen LogP contribution in [0.4, 0.5) is 0 Å². The zero-order chi connectivity index (χ0) is 19.0. The molecule has 0 aliphatic carbocycles. The molecule has 28 heavy (non-hydrogen) atoms. The van der Waals surface area contributed by atoms with Gasteiger partial charge in [0.1, 0.15) is 0 Å². The van der Waals surface area contributed by atoms with Crippen molar-refractivity contribution >= 4 is 45.6 Å². The molecule has 4 rings (SSSR count). The lowest BCUT2D eigenvalue weighted by atomic mass is 9.89. The first kappa shape index (κ1) is 21.0. The quantitative estimate of drug-likeness (QED) is 0.804. The summed E-state index contributed by atoms with van der Waals surface area (Å²) in [6.07, 6.45) is 1.12. The van der Waals surface area contributed by atoms with Crippen molar-refractivity contribution in [2.75, 3.05) is 39.4 Å². The van der Waals surface area contributed by atoms with Crippen molar-refractivity contribution in [3.8, 4) is 0 Å². The van der Waals surface area contributed by atoms with Crippen LogP contribution in [0.5, 0.6) is 0 Å². The average molecular weight is 424 g/mol. The number of carbonyl (C=O) groups excluding carboxylic acids is 2. The predicted molar refractivity (Wildman–Crippen MR) is 113 cm³/mol. The molecule has 0 saturated carbocycles. The number of rotatable bonds is 2. The van der Waals surface area contributed by atoms with E-state index in [0.29, 0.717) is 52.2 Å². The number of ether oxygens (including phenoxy) is 1. The van der Waals surface area contributed by atoms with E-state index >= 15 is 0 Å². The molecule has 0 bridgehead atoms. The van der Waals surface area contributed by atoms with Gasteiger partial charge in [-0.3, -0.25) is 9.59 Å². The molecule has 0 unspecified atom stereocenters. The molecule has 2 aliphatic rings. The summed E-state index contributed by atoms with van der Waals surface area (Å²) in [6.45, 7) is 5.24. The lowest BCUT2D eigenvalue weighted by Gasteiger charge is -2.40. The Balaban J connectivity index is 0.00000225. The molecular weight excluding hydrogens is 398 g/mol. The highest BCUT2D eigenvalue weighted by molar-refractivity contribution is 7.21. The maximum absolute atomic E-state index is 13.0. The second-order valence-corrected chi connectivity index (χ2v) is 8.46. The second kappa shape index (κ2) is 8.37. The molecule has 2 aromatic rings. The van der Waals surface area contributed by atoms with Crippen LogP contribution in [0.2, 0.25) is 0 Å². The highest BCUT2D eigenvalue weighted by Crippen LogP contribution is 2.31. The SMILES string of the molecule is Cc1c(C(=O)N2CCN(C(=O)C3(N)CCOCC3)CC2)sc2ccccc12.Cl. The van der Waals surface area contributed by atoms with Crippen LogP contribution in [-0.2, 0) is 9.53 Å². The smallest absolute Gasteiger partial charge is 0.264 e. The van der Waals surface area contributed by atoms with Crippen molar-refractivity contribution in [3.63, 3.8) is 0 Å². The largest absolute Gasteiger partial charge is 0.381 e. The zero-order valence-electron chi connectivity index (χ0n) is 16.0. The Kier molecular flexibility index (Phi) is 6.29. The lowest BCUT2D eigenvalue weighted by Crippen LogP contribution is -2.61. The Morgan fingerprint density at radius 2 is 1.68 bits per heavy atom. The molecule has 0 spiro atoms. The van der Waals surface area contributed by atoms with Crippen molar-refractivity contribution in [2.45, 2.75) is 25.3 Å². The molecule has 2 saturated heterocycles. The van der Waals surface area contributed by atoms with E-state index in [0.717, 1.165) is 20.5 Å². The van der Waals surface area contributed by atoms with Crippen LogP contribution in [0.1, 0.15) is 28.1 Å². The molecule has 6 nitrogen and oxygen atoms in total. The Morgan fingerprint density at radius 1 is 1.07 bits per heavy atom. The Bertz CT molecular complexity index is 871. The van der Waals surface area contributed by atoms with Crippen LogP contribution in [0.25, 0.3) is 10.1 Å². The predicted octanol–water partition coefficient (Wildman–Crippen LogP) is 2.42. The van der Waals surface area contributed by atoms with E-state index in [4.69, 9.17) is 10.5 Å². The highest BCUT2D eigenvalue weighted by atomic mass is 35.5. The maximum Gasteiger partial charge on any atom is 0.264 e. The number of aryl methyl sites for hydroxylation is 1. The number of carbonyl (C=O) groups is 2. The second-order valence-electron chi connectivity index (χ2n) is 7.41. The van der Waals surface area contributed by atoms with Crippen molar-refractivity contribution in [1.29, 1.82) is 0 Å². The van der Waals surface area contributed by atoms with Crippen LogP contribution >= 0.6 is 23.7 Å². The normalized spacial score (nSPS) is 19.4. The standard InChI is InChI=1S/C20H25N3O3S.ClH/c1-14-15-4-2-3-5-16(15)27-17(14)18(24)22-8-10-23(11-9-22)19(25)20(21)6-12-26-13-7-20;/h2-5H,6-13,21H2,1H3;1H. The topological polar surface area (TPSA) is 75.9 Å². The van der Waals surface area contributed by atoms with Crippen LogP contribution in [0, 0.1) is 6.92 Å². The van der Waals surface area contributed by atoms with Crippen molar-refractivity contribution < 1.29 is 14.3 Å². The van der Waals surface area contributed by atoms with Crippen LogP contribution < -0.4 is 5.73 Å². The summed E-state index contributed by atoms with van der Waals surface area (Å²) < 4.78 is 6.47. The fourth-order valence-corrected chi connectivity index (χ4v) is 5.08. The third-order valence-electron chi connectivity index (χ3n) is 5.70. The summed E-state index contributed by atoms with van der Waals surface area (Å²) in [5.74, 6) is 0.0604. The number of piperazine rings is 1. The van der Waals surface area contributed by atoms with Gasteiger partial charge in [0, 0.05) is 44.1 Å². The van der Waals surface area contributed by atoms with E-state index < -0.39 is 5.54 Å². The third-order valence-corrected chi connectivity index (χ3v) is 6.96. The first-order valence-corrected chi connectivity index (χ1v) is 10.2. The number of benzene rings is 1. The van der Waals surface area contributed by atoms with Gasteiger partial charge < -0.3 is 20.3 Å². The van der Waals surface area contributed by atoms with E-state index in [1.165, 1.54) is 0 Å². The minimum Gasteiger partial charge on any atom is -0.381 e. The summed E-state index contributed by atoms with van der Waals surface area (Å²) in [4.78, 5) is 30.3. The van der Waals surface area contributed by atoms with E-state index in [9.17, 15) is 9.59 Å². The summed E-state index contributed by atoms with van der Waals surface area (Å²) in [7, 11) is 0. The molecule has 2 N–H and O–H groups in total. The molecule has 2 amide bonds. The molecule has 2 aliphatic heterocycles. The molecule has 8 heteroatoms. The molecule has 2 fully saturated rings. The molecule has 0 radical (unpaired) electrons. The van der Waals surface area contributed by atoms with Gasteiger partial charge in [-0.05, 0) is 36.8 Å². The first-order chi connectivity index (χ1) is 13.0. The summed E-state index contributed by atoms with van der Waals surface area (Å²) in [5.41, 5.74) is 6.56. The van der Waals surface area contributed by atoms with Crippen LogP contribution in [-0.4, -0.2) is 66.5 Å². The fourth-order valence-electron chi connectivity index (χ4n) is 3.90. The Hall–Kier alpha value is -1.67. The molecule has 0 atom stereocenters. The lowest BCUT2D eigenvalue weighted by molar-refractivity contribution is -0.142. The molecule has 1 aromatic heterocycles. The first-order valence-electron chi connectivity index (χ1n) is 9.43. The van der Waals surface area contributed by atoms with Crippen molar-refractivity contribution in [3.05, 3.63) is 34.7 Å². The zero-order valence-corrected chi connectivity index (χ0v) is 17.6. The average Bonchev–Trinajstić information content (AvgIpc) is 3.04. The number of hydrogen-bond donors (Lipinski definition) is 1. The molecular formula is C20H26ClN3O3S. The number of nitrogens with zero attached hydrogens (tertiary/aromatic N) is 2. The summed E-state index contributed by atoms with van der Waals surface area (Å²) in [6, 6.07) is 8.10. The third kappa shape index (κ3) is 3.76. The summed E-state index contributed by atoms with van der Waals surface area (Å²) >= 11 is 1.55. The number of hydrogen-bond acceptors (Lipinski definition) is 5. The van der Waals surface area contributed by atoms with Gasteiger partial charge in [-0.2, -0.15) is 0 Å². The van der Waals surface area contributed by atoms with Gasteiger partial charge >= 0.3 is 0 Å². The van der Waals surface area contributed by atoms with Crippen LogP contribution in [0.15, 0.2) is 24.3 Å². The van der Waals surface area contributed by atoms with Gasteiger partial charge in [-0.25, -0.2) is 0 Å². The molecule has 1 aromatic carbocycles. The van der Waals surface area contributed by atoms with E-state index in [2.05, 4.69) is 12.1 Å². The fraction of sp³-hybridized carbons (Fsp3) is 0.500. The van der Waals surface area contributed by atoms with Gasteiger partial charge in [0.15, 0.2) is 0 Å². The number of halogens is 1. The number of amides is 2. The number of fused-ring (bicyclic) bond motifs is 1. The Labute approximate surface area is 175 Å².